The minimum atomic E-state index is -3.89. The van der Waals surface area contributed by atoms with Crippen LogP contribution in [0.15, 0.2) is 11.4 Å². The Bertz CT molecular complexity index is 294. The van der Waals surface area contributed by atoms with Gasteiger partial charge in [-0.05, 0) is 30.0 Å². The van der Waals surface area contributed by atoms with Crippen molar-refractivity contribution in [2.24, 2.45) is 0 Å². The molecule has 1 heterocycles. The number of hydrogen-bond donors (Lipinski definition) is 0. The van der Waals surface area contributed by atoms with Crippen molar-refractivity contribution in [3.63, 3.8) is 0 Å². The second kappa shape index (κ2) is 4.20. The maximum atomic E-state index is 13.2. The molecule has 6 heteroatoms. The van der Waals surface area contributed by atoms with E-state index in [9.17, 15) is 13.2 Å². The van der Waals surface area contributed by atoms with Gasteiger partial charge in [0.15, 0.2) is 11.6 Å². The van der Waals surface area contributed by atoms with E-state index in [1.54, 1.807) is 0 Å². The molecule has 0 radical (unpaired) electrons. The minimum absolute atomic E-state index is 0.0738. The van der Waals surface area contributed by atoms with Crippen LogP contribution in [0, 0.1) is 0 Å². The Hall–Kier alpha value is -0.260. The van der Waals surface area contributed by atoms with Crippen molar-refractivity contribution in [2.45, 2.75) is 36.9 Å². The quantitative estimate of drug-likeness (QED) is 0.670. The number of halogens is 4. The van der Waals surface area contributed by atoms with Gasteiger partial charge in [0.25, 0.3) is 0 Å². The summed E-state index contributed by atoms with van der Waals surface area (Å²) in [5.41, 5.74) is 0.0738. The first-order valence-electron chi connectivity index (χ1n) is 5.16. The minimum Gasteiger partial charge on any atom is -0.348 e. The monoisotopic (exact) mass is 256 g/mol. The molecule has 1 aliphatic carbocycles. The molecule has 0 aromatic carbocycles. The number of hydrogen-bond acceptors (Lipinski definition) is 2. The third-order valence-corrected chi connectivity index (χ3v) is 3.15. The summed E-state index contributed by atoms with van der Waals surface area (Å²) in [7, 11) is 0. The van der Waals surface area contributed by atoms with E-state index >= 15 is 0 Å². The van der Waals surface area contributed by atoms with Gasteiger partial charge in [-0.25, -0.2) is 4.39 Å². The van der Waals surface area contributed by atoms with Crippen LogP contribution in [-0.4, -0.2) is 24.4 Å². The summed E-state index contributed by atoms with van der Waals surface area (Å²) in [5, 5.41) is -3.89. The van der Waals surface area contributed by atoms with Crippen molar-refractivity contribution in [1.82, 2.24) is 0 Å². The Morgan fingerprint density at radius 2 is 1.69 bits per heavy atom. The fourth-order valence-electron chi connectivity index (χ4n) is 2.14. The first-order chi connectivity index (χ1) is 7.43. The summed E-state index contributed by atoms with van der Waals surface area (Å²) in [6, 6.07) is 0. The van der Waals surface area contributed by atoms with Crippen LogP contribution in [0.1, 0.15) is 25.7 Å². The largest absolute Gasteiger partial charge is 0.373 e. The van der Waals surface area contributed by atoms with E-state index < -0.39 is 17.0 Å². The van der Waals surface area contributed by atoms with E-state index in [2.05, 4.69) is 11.6 Å². The van der Waals surface area contributed by atoms with Gasteiger partial charge in [-0.3, -0.25) is 0 Å². The first kappa shape index (κ1) is 12.2. The second-order valence-electron chi connectivity index (χ2n) is 4.02. The molecule has 0 N–H and O–H groups in total. The number of ether oxygens (including phenoxy) is 2. The summed E-state index contributed by atoms with van der Waals surface area (Å²) in [4.78, 5) is 0. The Kier molecular flexibility index (Phi) is 3.20. The molecule has 1 aliphatic heterocycles. The van der Waals surface area contributed by atoms with Crippen molar-refractivity contribution in [1.29, 1.82) is 0 Å². The molecule has 1 spiro atoms. The van der Waals surface area contributed by atoms with Gasteiger partial charge in [0.2, 0.25) is 0 Å². The average Bonchev–Trinajstić information content (AvgIpc) is 2.66. The zero-order valence-electron chi connectivity index (χ0n) is 8.57. The van der Waals surface area contributed by atoms with E-state index in [1.807, 2.05) is 0 Å². The Balaban J connectivity index is 2.04. The van der Waals surface area contributed by atoms with Crippen molar-refractivity contribution in [2.75, 3.05) is 13.2 Å². The SMILES string of the molecule is FC(=C1CCC2(CC1)OCCO2)C(F)(F)Cl. The van der Waals surface area contributed by atoms with E-state index in [4.69, 9.17) is 9.47 Å². The van der Waals surface area contributed by atoms with Crippen LogP contribution in [0.3, 0.4) is 0 Å². The Labute approximate surface area is 96.3 Å². The number of alkyl halides is 3. The molecule has 1 saturated heterocycles. The lowest BCUT2D eigenvalue weighted by Gasteiger charge is -2.32. The van der Waals surface area contributed by atoms with Gasteiger partial charge >= 0.3 is 5.38 Å². The molecule has 0 aromatic heterocycles. The lowest BCUT2D eigenvalue weighted by molar-refractivity contribution is -0.171. The van der Waals surface area contributed by atoms with Crippen molar-refractivity contribution < 1.29 is 22.6 Å². The molecule has 92 valence electrons. The maximum absolute atomic E-state index is 13.2. The van der Waals surface area contributed by atoms with Crippen LogP contribution < -0.4 is 0 Å². The fraction of sp³-hybridized carbons (Fsp3) is 0.800. The maximum Gasteiger partial charge on any atom is 0.373 e. The molecule has 0 bridgehead atoms. The number of allylic oxidation sites excluding steroid dienone is 2. The van der Waals surface area contributed by atoms with Crippen LogP contribution in [-0.2, 0) is 9.47 Å². The summed E-state index contributed by atoms with van der Waals surface area (Å²) >= 11 is 4.64. The van der Waals surface area contributed by atoms with Gasteiger partial charge in [-0.1, -0.05) is 0 Å². The van der Waals surface area contributed by atoms with Crippen LogP contribution in [0.4, 0.5) is 13.2 Å². The molecule has 2 rings (SSSR count). The highest BCUT2D eigenvalue weighted by molar-refractivity contribution is 6.23. The summed E-state index contributed by atoms with van der Waals surface area (Å²) in [6.45, 7) is 1.01. The highest BCUT2D eigenvalue weighted by Gasteiger charge is 2.42. The van der Waals surface area contributed by atoms with Gasteiger partial charge in [0, 0.05) is 12.8 Å². The van der Waals surface area contributed by atoms with Gasteiger partial charge in [-0.15, -0.1) is 0 Å². The molecule has 0 atom stereocenters. The van der Waals surface area contributed by atoms with Crippen molar-refractivity contribution in [3.05, 3.63) is 11.4 Å². The van der Waals surface area contributed by atoms with Crippen LogP contribution >= 0.6 is 11.6 Å². The molecule has 2 fully saturated rings. The molecular formula is C10H12ClF3O2. The van der Waals surface area contributed by atoms with E-state index in [0.717, 1.165) is 0 Å². The molecular weight excluding hydrogens is 245 g/mol. The molecule has 0 amide bonds. The second-order valence-corrected chi connectivity index (χ2v) is 4.50. The molecule has 16 heavy (non-hydrogen) atoms. The van der Waals surface area contributed by atoms with Crippen LogP contribution in [0.25, 0.3) is 0 Å². The Morgan fingerprint density at radius 3 is 2.12 bits per heavy atom. The summed E-state index contributed by atoms with van der Waals surface area (Å²) in [6.07, 6.45) is 1.22. The summed E-state index contributed by atoms with van der Waals surface area (Å²) in [5.74, 6) is -2.19. The molecule has 1 saturated carbocycles. The highest BCUT2D eigenvalue weighted by atomic mass is 35.5. The highest BCUT2D eigenvalue weighted by Crippen LogP contribution is 2.42. The zero-order chi connectivity index (χ0) is 11.8. The summed E-state index contributed by atoms with van der Waals surface area (Å²) < 4.78 is 49.1. The lowest BCUT2D eigenvalue weighted by Crippen LogP contribution is -2.33. The van der Waals surface area contributed by atoms with Crippen molar-refractivity contribution >= 4 is 11.6 Å². The third-order valence-electron chi connectivity index (χ3n) is 2.99. The molecule has 2 aliphatic rings. The van der Waals surface area contributed by atoms with E-state index in [0.29, 0.717) is 26.1 Å². The molecule has 2 nitrogen and oxygen atoms in total. The predicted molar refractivity (Wildman–Crippen MR) is 52.0 cm³/mol. The third kappa shape index (κ3) is 2.36. The smallest absolute Gasteiger partial charge is 0.348 e. The molecule has 0 aromatic rings. The van der Waals surface area contributed by atoms with Crippen LogP contribution in [0.5, 0.6) is 0 Å². The van der Waals surface area contributed by atoms with Gasteiger partial charge < -0.3 is 9.47 Å². The van der Waals surface area contributed by atoms with Crippen LogP contribution in [0.2, 0.25) is 0 Å². The van der Waals surface area contributed by atoms with Gasteiger partial charge in [0.05, 0.1) is 13.2 Å². The lowest BCUT2D eigenvalue weighted by atomic mass is 9.89. The fourth-order valence-corrected chi connectivity index (χ4v) is 2.27. The first-order valence-corrected chi connectivity index (χ1v) is 5.53. The van der Waals surface area contributed by atoms with Gasteiger partial charge in [0.1, 0.15) is 0 Å². The van der Waals surface area contributed by atoms with Gasteiger partial charge in [-0.2, -0.15) is 8.78 Å². The number of rotatable bonds is 1. The zero-order valence-corrected chi connectivity index (χ0v) is 9.33. The Morgan fingerprint density at radius 1 is 1.19 bits per heavy atom. The topological polar surface area (TPSA) is 18.5 Å². The predicted octanol–water partition coefficient (Wildman–Crippen LogP) is 3.36. The van der Waals surface area contributed by atoms with E-state index in [-0.39, 0.29) is 18.4 Å². The van der Waals surface area contributed by atoms with Crippen molar-refractivity contribution in [3.8, 4) is 0 Å². The molecule has 0 unspecified atom stereocenters. The normalized spacial score (nSPS) is 25.1. The average molecular weight is 257 g/mol. The van der Waals surface area contributed by atoms with E-state index in [1.165, 1.54) is 0 Å². The standard InChI is InChI=1S/C10H12ClF3O2/c11-10(13,14)8(12)7-1-3-9(4-2-7)15-5-6-16-9/h1-6H2.